The van der Waals surface area contributed by atoms with Crippen LogP contribution in [0, 0.1) is 11.3 Å². The van der Waals surface area contributed by atoms with Gasteiger partial charge in [0.1, 0.15) is 6.07 Å². The van der Waals surface area contributed by atoms with Crippen LogP contribution in [0.1, 0.15) is 15.9 Å². The van der Waals surface area contributed by atoms with Gasteiger partial charge in [-0.15, -0.1) is 6.58 Å². The van der Waals surface area contributed by atoms with Crippen molar-refractivity contribution in [3.05, 3.63) is 72.3 Å². The molecular formula is C17H15N3O3S. The molecule has 0 saturated carbocycles. The normalized spacial score (nSPS) is 10.5. The number of hydrogen-bond acceptors (Lipinski definition) is 4. The van der Waals surface area contributed by atoms with Crippen molar-refractivity contribution < 1.29 is 13.2 Å². The molecule has 0 atom stereocenters. The topological polar surface area (TPSA) is 99.1 Å². The second kappa shape index (κ2) is 7.44. The van der Waals surface area contributed by atoms with Crippen LogP contribution in [0.5, 0.6) is 0 Å². The SMILES string of the molecule is C=CCNC(=O)c1ccc(S(=O)(=O)Nc2ccccc2C#N)cc1. The third kappa shape index (κ3) is 4.00. The fourth-order valence-electron chi connectivity index (χ4n) is 1.93. The number of benzene rings is 2. The van der Waals surface area contributed by atoms with E-state index in [0.717, 1.165) is 0 Å². The molecule has 0 radical (unpaired) electrons. The van der Waals surface area contributed by atoms with Crippen LogP contribution >= 0.6 is 0 Å². The fourth-order valence-corrected chi connectivity index (χ4v) is 3.01. The lowest BCUT2D eigenvalue weighted by molar-refractivity contribution is 0.0958. The lowest BCUT2D eigenvalue weighted by Crippen LogP contribution is -2.23. The van der Waals surface area contributed by atoms with Crippen molar-refractivity contribution in [2.75, 3.05) is 11.3 Å². The molecule has 0 unspecified atom stereocenters. The molecule has 2 N–H and O–H groups in total. The van der Waals surface area contributed by atoms with Crippen LogP contribution in [0.25, 0.3) is 0 Å². The zero-order chi connectivity index (χ0) is 17.6. The van der Waals surface area contributed by atoms with Crippen molar-refractivity contribution in [1.29, 1.82) is 5.26 Å². The first-order valence-corrected chi connectivity index (χ1v) is 8.47. The summed E-state index contributed by atoms with van der Waals surface area (Å²) in [7, 11) is -3.85. The van der Waals surface area contributed by atoms with E-state index >= 15 is 0 Å². The van der Waals surface area contributed by atoms with Gasteiger partial charge in [-0.05, 0) is 36.4 Å². The van der Waals surface area contributed by atoms with E-state index in [1.54, 1.807) is 18.2 Å². The lowest BCUT2D eigenvalue weighted by Gasteiger charge is -2.10. The molecule has 1 amide bonds. The van der Waals surface area contributed by atoms with Gasteiger partial charge in [0, 0.05) is 12.1 Å². The zero-order valence-electron chi connectivity index (χ0n) is 12.7. The highest BCUT2D eigenvalue weighted by Crippen LogP contribution is 2.19. The van der Waals surface area contributed by atoms with Gasteiger partial charge in [0.2, 0.25) is 0 Å². The summed E-state index contributed by atoms with van der Waals surface area (Å²) in [5.41, 5.74) is 0.766. The molecule has 0 aromatic heterocycles. The van der Waals surface area contributed by atoms with E-state index in [4.69, 9.17) is 5.26 Å². The number of amides is 1. The average molecular weight is 341 g/mol. The standard InChI is InChI=1S/C17H15N3O3S/c1-2-11-19-17(21)13-7-9-15(10-8-13)24(22,23)20-16-6-4-3-5-14(16)12-18/h2-10,20H,1,11H2,(H,19,21). The summed E-state index contributed by atoms with van der Waals surface area (Å²) in [6, 6.07) is 13.7. The Balaban J connectivity index is 2.22. The van der Waals surface area contributed by atoms with Crippen molar-refractivity contribution in [2.24, 2.45) is 0 Å². The molecule has 0 saturated heterocycles. The zero-order valence-corrected chi connectivity index (χ0v) is 13.5. The number of carbonyl (C=O) groups is 1. The minimum absolute atomic E-state index is 0.00415. The van der Waals surface area contributed by atoms with Crippen molar-refractivity contribution in [1.82, 2.24) is 5.32 Å². The first kappa shape index (κ1) is 17.2. The number of carbonyl (C=O) groups excluding carboxylic acids is 1. The maximum absolute atomic E-state index is 12.4. The second-order valence-electron chi connectivity index (χ2n) is 4.79. The van der Waals surface area contributed by atoms with Crippen molar-refractivity contribution in [3.8, 4) is 6.07 Å². The van der Waals surface area contributed by atoms with Crippen molar-refractivity contribution in [3.63, 3.8) is 0 Å². The molecule has 0 aliphatic rings. The Kier molecular flexibility index (Phi) is 5.35. The number of anilines is 1. The van der Waals surface area contributed by atoms with Gasteiger partial charge in [0.05, 0.1) is 16.1 Å². The minimum Gasteiger partial charge on any atom is -0.349 e. The molecule has 0 spiro atoms. The van der Waals surface area contributed by atoms with E-state index in [-0.39, 0.29) is 22.1 Å². The molecular weight excluding hydrogens is 326 g/mol. The molecule has 0 bridgehead atoms. The Morgan fingerprint density at radius 2 is 1.83 bits per heavy atom. The Hall–Kier alpha value is -3.11. The van der Waals surface area contributed by atoms with Crippen LogP contribution in [0.4, 0.5) is 5.69 Å². The molecule has 0 heterocycles. The summed E-state index contributed by atoms with van der Waals surface area (Å²) in [5, 5.41) is 11.6. The van der Waals surface area contributed by atoms with Crippen LogP contribution < -0.4 is 10.0 Å². The van der Waals surface area contributed by atoms with Crippen LogP contribution in [-0.2, 0) is 10.0 Å². The summed E-state index contributed by atoms with van der Waals surface area (Å²) < 4.78 is 27.2. The fraction of sp³-hybridized carbons (Fsp3) is 0.0588. The highest BCUT2D eigenvalue weighted by Gasteiger charge is 2.16. The maximum Gasteiger partial charge on any atom is 0.261 e. The number of para-hydroxylation sites is 1. The molecule has 24 heavy (non-hydrogen) atoms. The number of nitrogens with one attached hydrogen (secondary N) is 2. The van der Waals surface area contributed by atoms with Crippen LogP contribution in [0.3, 0.4) is 0 Å². The van der Waals surface area contributed by atoms with Gasteiger partial charge >= 0.3 is 0 Å². The molecule has 0 fully saturated rings. The number of nitriles is 1. The molecule has 2 rings (SSSR count). The molecule has 0 aliphatic carbocycles. The summed E-state index contributed by atoms with van der Waals surface area (Å²) in [6.07, 6.45) is 1.55. The van der Waals surface area contributed by atoms with Gasteiger partial charge in [0.15, 0.2) is 0 Å². The van der Waals surface area contributed by atoms with Crippen molar-refractivity contribution >= 4 is 21.6 Å². The van der Waals surface area contributed by atoms with Gasteiger partial charge in [-0.3, -0.25) is 9.52 Å². The predicted molar refractivity (Wildman–Crippen MR) is 90.9 cm³/mol. The monoisotopic (exact) mass is 341 g/mol. The highest BCUT2D eigenvalue weighted by atomic mass is 32.2. The van der Waals surface area contributed by atoms with Crippen LogP contribution in [-0.4, -0.2) is 20.9 Å². The highest BCUT2D eigenvalue weighted by molar-refractivity contribution is 7.92. The Morgan fingerprint density at radius 1 is 1.17 bits per heavy atom. The summed E-state index contributed by atoms with van der Waals surface area (Å²) in [6.45, 7) is 3.83. The first-order chi connectivity index (χ1) is 11.5. The Labute approximate surface area is 140 Å². The third-order valence-electron chi connectivity index (χ3n) is 3.13. The van der Waals surface area contributed by atoms with E-state index in [1.807, 2.05) is 6.07 Å². The summed E-state index contributed by atoms with van der Waals surface area (Å²) >= 11 is 0. The number of rotatable bonds is 6. The number of nitrogens with zero attached hydrogens (tertiary/aromatic N) is 1. The summed E-state index contributed by atoms with van der Waals surface area (Å²) in [4.78, 5) is 11.8. The molecule has 2 aromatic carbocycles. The van der Waals surface area contributed by atoms with Crippen LogP contribution in [0.15, 0.2) is 66.1 Å². The minimum atomic E-state index is -3.85. The van der Waals surface area contributed by atoms with E-state index in [0.29, 0.717) is 12.1 Å². The van der Waals surface area contributed by atoms with E-state index < -0.39 is 10.0 Å². The smallest absolute Gasteiger partial charge is 0.261 e. The van der Waals surface area contributed by atoms with Gasteiger partial charge in [-0.1, -0.05) is 18.2 Å². The van der Waals surface area contributed by atoms with E-state index in [1.165, 1.54) is 36.4 Å². The number of sulfonamides is 1. The van der Waals surface area contributed by atoms with E-state index in [2.05, 4.69) is 16.6 Å². The Bertz CT molecular complexity index is 897. The predicted octanol–water partition coefficient (Wildman–Crippen LogP) is 2.27. The van der Waals surface area contributed by atoms with Crippen LogP contribution in [0.2, 0.25) is 0 Å². The third-order valence-corrected chi connectivity index (χ3v) is 4.51. The van der Waals surface area contributed by atoms with Gasteiger partial charge in [-0.2, -0.15) is 5.26 Å². The molecule has 2 aromatic rings. The maximum atomic E-state index is 12.4. The first-order valence-electron chi connectivity index (χ1n) is 6.99. The average Bonchev–Trinajstić information content (AvgIpc) is 2.60. The quantitative estimate of drug-likeness (QED) is 0.787. The largest absolute Gasteiger partial charge is 0.349 e. The van der Waals surface area contributed by atoms with Gasteiger partial charge in [-0.25, -0.2) is 8.42 Å². The van der Waals surface area contributed by atoms with Crippen molar-refractivity contribution in [2.45, 2.75) is 4.90 Å². The van der Waals surface area contributed by atoms with Gasteiger partial charge in [0.25, 0.3) is 15.9 Å². The molecule has 0 aliphatic heterocycles. The summed E-state index contributed by atoms with van der Waals surface area (Å²) in [5.74, 6) is -0.318. The Morgan fingerprint density at radius 3 is 2.46 bits per heavy atom. The second-order valence-corrected chi connectivity index (χ2v) is 6.47. The molecule has 122 valence electrons. The molecule has 6 nitrogen and oxygen atoms in total. The van der Waals surface area contributed by atoms with Gasteiger partial charge < -0.3 is 5.32 Å². The molecule has 7 heteroatoms. The lowest BCUT2D eigenvalue weighted by atomic mass is 10.2. The van der Waals surface area contributed by atoms with E-state index in [9.17, 15) is 13.2 Å². The number of hydrogen-bond donors (Lipinski definition) is 2.